The van der Waals surface area contributed by atoms with Crippen LogP contribution in [0.2, 0.25) is 0 Å². The molecule has 0 atom stereocenters. The number of nitrogens with zero attached hydrogens (tertiary/aromatic N) is 6. The number of rotatable bonds is 5. The number of likely N-dealkylation sites (tertiary alicyclic amines) is 1. The Balaban J connectivity index is 1.17. The number of halogens is 2. The quantitative estimate of drug-likeness (QED) is 0.277. The van der Waals surface area contributed by atoms with Gasteiger partial charge in [-0.2, -0.15) is 10.2 Å². The Labute approximate surface area is 235 Å². The molecule has 0 radical (unpaired) electrons. The average molecular weight is 560 g/mol. The lowest BCUT2D eigenvalue weighted by atomic mass is 10.0. The molecule has 41 heavy (non-hydrogen) atoms. The molecule has 1 aromatic carbocycles. The van der Waals surface area contributed by atoms with Crippen LogP contribution in [-0.4, -0.2) is 59.2 Å². The van der Waals surface area contributed by atoms with Crippen molar-refractivity contribution < 1.29 is 18.3 Å². The molecular weight excluding hydrogens is 528 g/mol. The Bertz CT molecular complexity index is 1690. The fourth-order valence-electron chi connectivity index (χ4n) is 5.20. The number of aromatic nitrogens is 6. The second-order valence-corrected chi connectivity index (χ2v) is 11.4. The molecule has 5 heterocycles. The molecule has 0 bridgehead atoms. The first-order valence-electron chi connectivity index (χ1n) is 13.6. The fraction of sp³-hybridized carbons (Fsp3) is 0.333. The summed E-state index contributed by atoms with van der Waals surface area (Å²) in [6.07, 6.45) is 12.5. The highest BCUT2D eigenvalue weighted by atomic mass is 19.1. The van der Waals surface area contributed by atoms with Crippen molar-refractivity contribution in [3.8, 4) is 22.3 Å². The van der Waals surface area contributed by atoms with Crippen LogP contribution in [0.1, 0.15) is 45.2 Å². The van der Waals surface area contributed by atoms with Gasteiger partial charge in [-0.15, -0.1) is 0 Å². The molecule has 0 aliphatic carbocycles. The van der Waals surface area contributed by atoms with E-state index in [4.69, 9.17) is 4.74 Å². The van der Waals surface area contributed by atoms with Crippen molar-refractivity contribution in [2.24, 2.45) is 0 Å². The topological polar surface area (TPSA) is 93.9 Å². The van der Waals surface area contributed by atoms with E-state index in [1.807, 2.05) is 56.4 Å². The number of aromatic amines is 1. The van der Waals surface area contributed by atoms with Crippen molar-refractivity contribution in [2.45, 2.75) is 51.8 Å². The number of fused-ring (bicyclic) bond motifs is 1. The SMILES string of the molecule is CC(C)(C)OC(=O)N1CCC(n2cc(-c3cnc4[nH]cc(-c5cnn(Cc6cc(F)cc(F)c6)c5)c4c3)cn2)CC1. The molecule has 4 aromatic heterocycles. The van der Waals surface area contributed by atoms with Crippen molar-refractivity contribution in [2.75, 3.05) is 13.1 Å². The third kappa shape index (κ3) is 5.84. The first kappa shape index (κ1) is 26.7. The van der Waals surface area contributed by atoms with Gasteiger partial charge in [-0.25, -0.2) is 18.6 Å². The molecule has 6 rings (SSSR count). The van der Waals surface area contributed by atoms with E-state index in [0.29, 0.717) is 18.7 Å². The number of carbonyl (C=O) groups excluding carboxylic acids is 1. The molecule has 1 amide bonds. The summed E-state index contributed by atoms with van der Waals surface area (Å²) in [4.78, 5) is 22.0. The van der Waals surface area contributed by atoms with Crippen LogP contribution in [0.15, 0.2) is 61.4 Å². The van der Waals surface area contributed by atoms with Gasteiger partial charge in [0.25, 0.3) is 0 Å². The Morgan fingerprint density at radius 1 is 0.976 bits per heavy atom. The normalized spacial score (nSPS) is 14.6. The van der Waals surface area contributed by atoms with Crippen molar-refractivity contribution in [1.82, 2.24) is 34.4 Å². The summed E-state index contributed by atoms with van der Waals surface area (Å²) in [7, 11) is 0. The van der Waals surface area contributed by atoms with Gasteiger partial charge in [0.2, 0.25) is 0 Å². The smallest absolute Gasteiger partial charge is 0.410 e. The molecule has 212 valence electrons. The first-order valence-corrected chi connectivity index (χ1v) is 13.6. The number of piperidine rings is 1. The van der Waals surface area contributed by atoms with Gasteiger partial charge in [0.05, 0.1) is 25.0 Å². The second kappa shape index (κ2) is 10.5. The van der Waals surface area contributed by atoms with Crippen LogP contribution in [0.5, 0.6) is 0 Å². The van der Waals surface area contributed by atoms with Crippen LogP contribution in [0, 0.1) is 11.6 Å². The van der Waals surface area contributed by atoms with Gasteiger partial charge in [0, 0.05) is 71.6 Å². The van der Waals surface area contributed by atoms with E-state index < -0.39 is 17.2 Å². The predicted molar refractivity (Wildman–Crippen MR) is 150 cm³/mol. The molecular formula is C30H31F2N7O2. The van der Waals surface area contributed by atoms with Crippen molar-refractivity contribution in [1.29, 1.82) is 0 Å². The summed E-state index contributed by atoms with van der Waals surface area (Å²) in [5.74, 6) is -1.23. The Morgan fingerprint density at radius 3 is 2.44 bits per heavy atom. The number of ether oxygens (including phenoxy) is 1. The average Bonchev–Trinajstić information content (AvgIpc) is 3.66. The molecule has 0 saturated carbocycles. The number of H-pyrrole nitrogens is 1. The first-order chi connectivity index (χ1) is 19.6. The van der Waals surface area contributed by atoms with E-state index in [9.17, 15) is 13.6 Å². The largest absolute Gasteiger partial charge is 0.444 e. The maximum absolute atomic E-state index is 13.6. The summed E-state index contributed by atoms with van der Waals surface area (Å²) in [6, 6.07) is 5.72. The van der Waals surface area contributed by atoms with E-state index in [0.717, 1.165) is 52.2 Å². The molecule has 1 aliphatic rings. The molecule has 0 unspecified atom stereocenters. The standard InChI is InChI=1S/C30H31F2N7O2/c1-30(2,3)41-29(40)37-6-4-25(5-7-37)39-18-21(13-36-39)20-10-26-27(15-34-28(26)33-12-20)22-14-35-38(17-22)16-19-8-23(31)11-24(32)9-19/h8-15,17-18,25H,4-7,16H2,1-3H3,(H,33,34). The zero-order chi connectivity index (χ0) is 28.7. The van der Waals surface area contributed by atoms with Crippen molar-refractivity contribution in [3.63, 3.8) is 0 Å². The molecule has 1 aliphatic heterocycles. The van der Waals surface area contributed by atoms with Crippen molar-refractivity contribution >= 4 is 17.1 Å². The highest BCUT2D eigenvalue weighted by Gasteiger charge is 2.28. The van der Waals surface area contributed by atoms with Gasteiger partial charge < -0.3 is 14.6 Å². The maximum atomic E-state index is 13.6. The van der Waals surface area contributed by atoms with Crippen LogP contribution in [0.3, 0.4) is 0 Å². The van der Waals surface area contributed by atoms with E-state index >= 15 is 0 Å². The predicted octanol–water partition coefficient (Wildman–Crippen LogP) is 6.19. The third-order valence-corrected chi connectivity index (χ3v) is 7.17. The zero-order valence-corrected chi connectivity index (χ0v) is 23.1. The second-order valence-electron chi connectivity index (χ2n) is 11.4. The Morgan fingerprint density at radius 2 is 1.71 bits per heavy atom. The number of amides is 1. The Kier molecular flexibility index (Phi) is 6.80. The summed E-state index contributed by atoms with van der Waals surface area (Å²) in [5.41, 5.74) is 4.39. The minimum atomic E-state index is -0.614. The summed E-state index contributed by atoms with van der Waals surface area (Å²) < 4.78 is 36.3. The van der Waals surface area contributed by atoms with E-state index in [1.54, 1.807) is 15.8 Å². The molecule has 0 spiro atoms. The highest BCUT2D eigenvalue weighted by molar-refractivity contribution is 5.95. The van der Waals surface area contributed by atoms with Gasteiger partial charge in [-0.3, -0.25) is 9.36 Å². The molecule has 9 nitrogen and oxygen atoms in total. The lowest BCUT2D eigenvalue weighted by Crippen LogP contribution is -2.42. The minimum Gasteiger partial charge on any atom is -0.444 e. The van der Waals surface area contributed by atoms with Crippen LogP contribution >= 0.6 is 0 Å². The monoisotopic (exact) mass is 559 g/mol. The number of pyridine rings is 1. The minimum absolute atomic E-state index is 0.194. The van der Waals surface area contributed by atoms with Crippen LogP contribution in [-0.2, 0) is 11.3 Å². The number of hydrogen-bond donors (Lipinski definition) is 1. The van der Waals surface area contributed by atoms with E-state index in [-0.39, 0.29) is 18.7 Å². The fourth-order valence-corrected chi connectivity index (χ4v) is 5.20. The number of carbonyl (C=O) groups is 1. The van der Waals surface area contributed by atoms with E-state index in [2.05, 4.69) is 26.2 Å². The van der Waals surface area contributed by atoms with Crippen LogP contribution in [0.4, 0.5) is 13.6 Å². The van der Waals surface area contributed by atoms with Gasteiger partial charge in [0.15, 0.2) is 0 Å². The molecule has 5 aromatic rings. The van der Waals surface area contributed by atoms with Crippen molar-refractivity contribution in [3.05, 3.63) is 78.6 Å². The molecule has 1 N–H and O–H groups in total. The lowest BCUT2D eigenvalue weighted by molar-refractivity contribution is 0.0185. The van der Waals surface area contributed by atoms with Gasteiger partial charge >= 0.3 is 6.09 Å². The summed E-state index contributed by atoms with van der Waals surface area (Å²) in [5, 5.41) is 9.95. The van der Waals surface area contributed by atoms with Gasteiger partial charge in [0.1, 0.15) is 22.9 Å². The highest BCUT2D eigenvalue weighted by Crippen LogP contribution is 2.32. The zero-order valence-electron chi connectivity index (χ0n) is 23.1. The summed E-state index contributed by atoms with van der Waals surface area (Å²) >= 11 is 0. The maximum Gasteiger partial charge on any atom is 0.410 e. The third-order valence-electron chi connectivity index (χ3n) is 7.17. The van der Waals surface area contributed by atoms with Gasteiger partial charge in [-0.1, -0.05) is 0 Å². The number of benzene rings is 1. The van der Waals surface area contributed by atoms with E-state index in [1.165, 1.54) is 12.1 Å². The lowest BCUT2D eigenvalue weighted by Gasteiger charge is -2.33. The molecule has 11 heteroatoms. The molecule has 1 saturated heterocycles. The molecule has 1 fully saturated rings. The summed E-state index contributed by atoms with van der Waals surface area (Å²) in [6.45, 7) is 7.11. The van der Waals surface area contributed by atoms with Crippen LogP contribution in [0.25, 0.3) is 33.3 Å². The van der Waals surface area contributed by atoms with Crippen LogP contribution < -0.4 is 0 Å². The number of hydrogen-bond acceptors (Lipinski definition) is 5. The Hall–Kier alpha value is -4.54. The number of nitrogens with one attached hydrogen (secondary N) is 1. The van der Waals surface area contributed by atoms with Gasteiger partial charge in [-0.05, 0) is 57.4 Å².